The molecule has 12 heteroatoms. The number of aliphatic hydroxyl groups excluding tert-OH is 1. The van der Waals surface area contributed by atoms with Crippen molar-refractivity contribution in [1.29, 1.82) is 0 Å². The highest BCUT2D eigenvalue weighted by Gasteiger charge is 2.51. The van der Waals surface area contributed by atoms with Crippen LogP contribution in [0.25, 0.3) is 0 Å². The molecule has 46 heavy (non-hydrogen) atoms. The van der Waals surface area contributed by atoms with Gasteiger partial charge in [-0.1, -0.05) is 96.3 Å². The minimum Gasteiger partial charge on any atom is -0.392 e. The van der Waals surface area contributed by atoms with E-state index in [0.717, 1.165) is 29.9 Å². The molecule has 3 saturated heterocycles. The molecule has 2 amide bonds. The van der Waals surface area contributed by atoms with Crippen LogP contribution in [0.5, 0.6) is 0 Å². The van der Waals surface area contributed by atoms with Gasteiger partial charge in [0.25, 0.3) is 9.70 Å². The predicted molar refractivity (Wildman–Crippen MR) is 179 cm³/mol. The second-order valence-electron chi connectivity index (χ2n) is 12.2. The van der Waals surface area contributed by atoms with Crippen molar-refractivity contribution in [3.05, 3.63) is 95.6 Å². The Morgan fingerprint density at radius 3 is 2.39 bits per heavy atom. The molecular weight excluding hydrogens is 651 g/mol. The van der Waals surface area contributed by atoms with Gasteiger partial charge in [-0.05, 0) is 48.2 Å². The number of nitrogens with zero attached hydrogens (tertiary/aromatic N) is 2. The highest BCUT2D eigenvalue weighted by Crippen LogP contribution is 2.43. The maximum Gasteiger partial charge on any atom is 0.276 e. The zero-order chi connectivity index (χ0) is 32.5. The van der Waals surface area contributed by atoms with E-state index in [1.807, 2.05) is 48.5 Å². The molecule has 244 valence electrons. The molecule has 9 nitrogen and oxygen atoms in total. The second kappa shape index (κ2) is 13.7. The van der Waals surface area contributed by atoms with Gasteiger partial charge in [0.2, 0.25) is 5.91 Å². The Kier molecular flexibility index (Phi) is 9.83. The third kappa shape index (κ3) is 6.87. The number of rotatable bonds is 7. The molecule has 3 heterocycles. The number of likely N-dealkylation sites (tertiary alicyclic amines) is 1. The summed E-state index contributed by atoms with van der Waals surface area (Å²) in [5.41, 5.74) is 3.41. The van der Waals surface area contributed by atoms with E-state index < -0.39 is 21.5 Å². The van der Waals surface area contributed by atoms with Crippen molar-refractivity contribution in [1.82, 2.24) is 10.2 Å². The fourth-order valence-electron chi connectivity index (χ4n) is 6.69. The van der Waals surface area contributed by atoms with Gasteiger partial charge in [0.15, 0.2) is 6.29 Å². The topological polar surface area (TPSA) is 103 Å². The number of halogens is 3. The van der Waals surface area contributed by atoms with Gasteiger partial charge in [0.1, 0.15) is 5.54 Å². The van der Waals surface area contributed by atoms with Gasteiger partial charge >= 0.3 is 0 Å². The number of para-hydroxylation sites is 1. The van der Waals surface area contributed by atoms with E-state index >= 15 is 0 Å². The lowest BCUT2D eigenvalue weighted by atomic mass is 9.84. The summed E-state index contributed by atoms with van der Waals surface area (Å²) in [6.45, 7) is 4.71. The minimum absolute atomic E-state index is 0.0186. The average molecular weight is 688 g/mol. The van der Waals surface area contributed by atoms with E-state index in [-0.39, 0.29) is 30.6 Å². The maximum atomic E-state index is 13.2. The fraction of sp³-hybridized carbons (Fsp3) is 0.412. The summed E-state index contributed by atoms with van der Waals surface area (Å²) in [5, 5.41) is 15.3. The van der Waals surface area contributed by atoms with E-state index in [9.17, 15) is 14.7 Å². The van der Waals surface area contributed by atoms with Crippen LogP contribution in [0.1, 0.15) is 48.8 Å². The van der Waals surface area contributed by atoms with Crippen LogP contribution in [0.2, 0.25) is 0 Å². The van der Waals surface area contributed by atoms with Gasteiger partial charge in [-0.25, -0.2) is 0 Å². The first kappa shape index (κ1) is 33.0. The highest BCUT2D eigenvalue weighted by atomic mass is 35.6. The molecule has 3 aliphatic rings. The molecule has 0 aromatic heterocycles. The number of carbonyl (C=O) groups excluding carboxylic acids is 2. The van der Waals surface area contributed by atoms with Gasteiger partial charge in [0, 0.05) is 42.5 Å². The van der Waals surface area contributed by atoms with Crippen LogP contribution in [0.4, 0.5) is 11.4 Å². The quantitative estimate of drug-likeness (QED) is 0.274. The van der Waals surface area contributed by atoms with Crippen molar-refractivity contribution < 1.29 is 24.2 Å². The summed E-state index contributed by atoms with van der Waals surface area (Å²) in [4.78, 5) is 30.1. The standard InChI is InChI=1S/C34H37Cl3N4O5/c1-22-28(19-40-16-14-33(15-17-40)31(43)38-21-41(33)27-8-3-2-4-9-27)45-30(46-29(22)24-12-10-23(20-42)11-13-24)25-6-5-7-26(18-25)39-32(44)34(35,36)37/h2-13,18,22,28-30,42H,14-17,19-21H2,1H3,(H,38,43)(H,39,44)/t22-,28+,29+,30+/m0/s1. The normalized spacial score (nSPS) is 25.0. The average Bonchev–Trinajstić information content (AvgIpc) is 3.37. The number of anilines is 2. The minimum atomic E-state index is -2.11. The molecule has 3 aromatic carbocycles. The summed E-state index contributed by atoms with van der Waals surface area (Å²) < 4.78 is 11.1. The zero-order valence-corrected chi connectivity index (χ0v) is 27.6. The number of alkyl halides is 3. The van der Waals surface area contributed by atoms with Crippen LogP contribution in [0.15, 0.2) is 78.9 Å². The van der Waals surface area contributed by atoms with Gasteiger partial charge in [-0.3, -0.25) is 9.59 Å². The summed E-state index contributed by atoms with van der Waals surface area (Å²) in [6, 6.07) is 24.9. The number of piperidine rings is 1. The van der Waals surface area contributed by atoms with Crippen LogP contribution in [0, 0.1) is 5.92 Å². The molecule has 3 aromatic rings. The van der Waals surface area contributed by atoms with E-state index in [0.29, 0.717) is 37.3 Å². The Labute approximate surface area is 283 Å². The first-order chi connectivity index (χ1) is 22.1. The van der Waals surface area contributed by atoms with Crippen LogP contribution in [-0.2, 0) is 25.7 Å². The number of ether oxygens (including phenoxy) is 2. The lowest BCUT2D eigenvalue weighted by Gasteiger charge is -2.46. The van der Waals surface area contributed by atoms with Gasteiger partial charge in [-0.15, -0.1) is 0 Å². The number of hydrogen-bond donors (Lipinski definition) is 3. The molecule has 0 unspecified atom stereocenters. The van der Waals surface area contributed by atoms with Crippen LogP contribution >= 0.6 is 34.8 Å². The summed E-state index contributed by atoms with van der Waals surface area (Å²) >= 11 is 17.3. The van der Waals surface area contributed by atoms with E-state index in [1.165, 1.54) is 0 Å². The SMILES string of the molecule is C[C@H]1[C@@H](CN2CCC3(CC2)C(=O)NCN3c2ccccc2)O[C@@H](c2cccc(NC(=O)C(Cl)(Cl)Cl)c2)O[C@H]1c1ccc(CO)cc1. The van der Waals surface area contributed by atoms with E-state index in [2.05, 4.69) is 39.5 Å². The third-order valence-corrected chi connectivity index (χ3v) is 9.84. The Balaban J connectivity index is 1.21. The van der Waals surface area contributed by atoms with Crippen LogP contribution in [-0.4, -0.2) is 63.6 Å². The molecule has 1 spiro atoms. The van der Waals surface area contributed by atoms with E-state index in [1.54, 1.807) is 18.2 Å². The number of aliphatic hydroxyl groups is 1. The Morgan fingerprint density at radius 2 is 1.72 bits per heavy atom. The Morgan fingerprint density at radius 1 is 1.00 bits per heavy atom. The van der Waals surface area contributed by atoms with Crippen LogP contribution < -0.4 is 15.5 Å². The first-order valence-electron chi connectivity index (χ1n) is 15.4. The summed E-state index contributed by atoms with van der Waals surface area (Å²) in [5.74, 6) is -0.701. The highest BCUT2D eigenvalue weighted by molar-refractivity contribution is 6.76. The summed E-state index contributed by atoms with van der Waals surface area (Å²) in [7, 11) is 0. The summed E-state index contributed by atoms with van der Waals surface area (Å²) in [6.07, 6.45) is 0.148. The first-order valence-corrected chi connectivity index (χ1v) is 16.5. The number of nitrogens with one attached hydrogen (secondary N) is 2. The monoisotopic (exact) mass is 686 g/mol. The van der Waals surface area contributed by atoms with Crippen molar-refractivity contribution in [3.63, 3.8) is 0 Å². The number of benzene rings is 3. The molecule has 3 fully saturated rings. The largest absolute Gasteiger partial charge is 0.392 e. The van der Waals surface area contributed by atoms with Gasteiger partial charge in [-0.2, -0.15) is 0 Å². The zero-order valence-electron chi connectivity index (χ0n) is 25.4. The lowest BCUT2D eigenvalue weighted by molar-refractivity contribution is -0.276. The second-order valence-corrected chi connectivity index (χ2v) is 14.4. The molecule has 6 rings (SSSR count). The maximum absolute atomic E-state index is 13.2. The van der Waals surface area contributed by atoms with E-state index in [4.69, 9.17) is 44.3 Å². The molecule has 3 aliphatic heterocycles. The van der Waals surface area contributed by atoms with Crippen molar-refractivity contribution in [2.45, 2.75) is 54.2 Å². The molecular formula is C34H37Cl3N4O5. The van der Waals surface area contributed by atoms with Crippen molar-refractivity contribution in [3.8, 4) is 0 Å². The Bertz CT molecular complexity index is 1530. The molecule has 0 saturated carbocycles. The fourth-order valence-corrected chi connectivity index (χ4v) is 6.83. The van der Waals surface area contributed by atoms with Gasteiger partial charge in [0.05, 0.1) is 25.5 Å². The molecule has 3 N–H and O–H groups in total. The molecule has 0 aliphatic carbocycles. The number of hydrogen-bond acceptors (Lipinski definition) is 7. The van der Waals surface area contributed by atoms with Crippen molar-refractivity contribution >= 4 is 58.0 Å². The third-order valence-electron chi connectivity index (χ3n) is 9.32. The van der Waals surface area contributed by atoms with Crippen molar-refractivity contribution in [2.24, 2.45) is 5.92 Å². The van der Waals surface area contributed by atoms with Crippen LogP contribution in [0.3, 0.4) is 0 Å². The van der Waals surface area contributed by atoms with Crippen molar-refractivity contribution in [2.75, 3.05) is 36.5 Å². The number of carbonyl (C=O) groups is 2. The smallest absolute Gasteiger partial charge is 0.276 e. The molecule has 0 radical (unpaired) electrons. The van der Waals surface area contributed by atoms with Gasteiger partial charge < -0.3 is 35.0 Å². The Hall–Kier alpha value is -2.89. The molecule has 4 atom stereocenters. The lowest BCUT2D eigenvalue weighted by Crippen LogP contribution is -2.57. The molecule has 0 bridgehead atoms. The predicted octanol–water partition coefficient (Wildman–Crippen LogP) is 5.71. The number of amides is 2.